The molecule has 0 atom stereocenters. The van der Waals surface area contributed by atoms with Gasteiger partial charge in [0.25, 0.3) is 15.6 Å². The third kappa shape index (κ3) is 2.71. The van der Waals surface area contributed by atoms with Crippen molar-refractivity contribution >= 4 is 27.2 Å². The minimum absolute atomic E-state index is 0.0269. The molecule has 0 aliphatic carbocycles. The van der Waals surface area contributed by atoms with Crippen molar-refractivity contribution in [3.63, 3.8) is 0 Å². The van der Waals surface area contributed by atoms with Crippen molar-refractivity contribution in [3.05, 3.63) is 57.0 Å². The van der Waals surface area contributed by atoms with Crippen LogP contribution >= 0.6 is 0 Å². The van der Waals surface area contributed by atoms with Crippen LogP contribution in [0.2, 0.25) is 0 Å². The lowest BCUT2D eigenvalue weighted by molar-refractivity contribution is 0.248. The Morgan fingerprint density at radius 2 is 1.69 bits per heavy atom. The maximum atomic E-state index is 12.4. The van der Waals surface area contributed by atoms with E-state index in [2.05, 4.69) is 4.98 Å². The van der Waals surface area contributed by atoms with E-state index in [-0.39, 0.29) is 16.1 Å². The van der Waals surface area contributed by atoms with Crippen LogP contribution in [0.4, 0.5) is 4.79 Å². The van der Waals surface area contributed by atoms with E-state index >= 15 is 0 Å². The molecular formula is C15H15N5O5S. The maximum absolute atomic E-state index is 12.4. The van der Waals surface area contributed by atoms with Crippen LogP contribution in [0.1, 0.15) is 5.56 Å². The Morgan fingerprint density at radius 1 is 1.08 bits per heavy atom. The number of aryl methyl sites for hydroxylation is 2. The highest BCUT2D eigenvalue weighted by Crippen LogP contribution is 2.11. The molecule has 0 unspecified atom stereocenters. The summed E-state index contributed by atoms with van der Waals surface area (Å²) < 4.78 is 29.3. The number of hydrogen-bond acceptors (Lipinski definition) is 6. The van der Waals surface area contributed by atoms with E-state index in [0.717, 1.165) is 25.6 Å². The lowest BCUT2D eigenvalue weighted by Crippen LogP contribution is -2.39. The van der Waals surface area contributed by atoms with Crippen LogP contribution in [-0.2, 0) is 24.1 Å². The second-order valence-electron chi connectivity index (χ2n) is 5.72. The van der Waals surface area contributed by atoms with Gasteiger partial charge in [0.15, 0.2) is 11.2 Å². The van der Waals surface area contributed by atoms with E-state index in [1.807, 2.05) is 4.72 Å². The summed E-state index contributed by atoms with van der Waals surface area (Å²) in [5.74, 6) is 0. The second kappa shape index (κ2) is 5.95. The van der Waals surface area contributed by atoms with Crippen LogP contribution in [0, 0.1) is 6.92 Å². The summed E-state index contributed by atoms with van der Waals surface area (Å²) in [6, 6.07) is 4.83. The number of benzene rings is 1. The van der Waals surface area contributed by atoms with E-state index in [4.69, 9.17) is 0 Å². The number of rotatable bonds is 2. The van der Waals surface area contributed by atoms with Crippen LogP contribution in [0.25, 0.3) is 11.2 Å². The third-order valence-corrected chi connectivity index (χ3v) is 5.25. The highest BCUT2D eigenvalue weighted by atomic mass is 32.2. The monoisotopic (exact) mass is 377 g/mol. The van der Waals surface area contributed by atoms with Crippen LogP contribution in [0.5, 0.6) is 0 Å². The van der Waals surface area contributed by atoms with Crippen molar-refractivity contribution in [2.24, 2.45) is 14.1 Å². The summed E-state index contributed by atoms with van der Waals surface area (Å²) >= 11 is 0. The van der Waals surface area contributed by atoms with Crippen LogP contribution in [0.3, 0.4) is 0 Å². The van der Waals surface area contributed by atoms with Crippen LogP contribution in [-0.4, -0.2) is 33.1 Å². The number of hydrogen-bond donors (Lipinski definition) is 1. The molecule has 2 heterocycles. The topological polar surface area (TPSA) is 125 Å². The lowest BCUT2D eigenvalue weighted by atomic mass is 10.2. The third-order valence-electron chi connectivity index (χ3n) is 3.92. The number of amides is 1. The second-order valence-corrected chi connectivity index (χ2v) is 7.40. The Morgan fingerprint density at radius 3 is 2.31 bits per heavy atom. The molecule has 0 aliphatic heterocycles. The predicted octanol–water partition coefficient (Wildman–Crippen LogP) is -0.311. The molecule has 3 rings (SSSR count). The molecule has 0 bridgehead atoms. The zero-order chi connectivity index (χ0) is 19.2. The van der Waals surface area contributed by atoms with Gasteiger partial charge in [-0.15, -0.1) is 0 Å². The van der Waals surface area contributed by atoms with Gasteiger partial charge in [0, 0.05) is 14.1 Å². The molecule has 1 N–H and O–H groups in total. The van der Waals surface area contributed by atoms with Crippen molar-refractivity contribution in [2.75, 3.05) is 0 Å². The maximum Gasteiger partial charge on any atom is 0.341 e. The van der Waals surface area contributed by atoms with Gasteiger partial charge in [-0.1, -0.05) is 17.7 Å². The minimum Gasteiger partial charge on any atom is -0.279 e. The molecule has 0 fully saturated rings. The molecule has 0 radical (unpaired) electrons. The Kier molecular flexibility index (Phi) is 4.03. The Hall–Kier alpha value is -3.21. The molecular weight excluding hydrogens is 362 g/mol. The van der Waals surface area contributed by atoms with Gasteiger partial charge in [0.05, 0.1) is 4.90 Å². The summed E-state index contributed by atoms with van der Waals surface area (Å²) in [7, 11) is -1.49. The molecule has 26 heavy (non-hydrogen) atoms. The van der Waals surface area contributed by atoms with Gasteiger partial charge < -0.3 is 0 Å². The molecule has 0 saturated carbocycles. The molecule has 10 nitrogen and oxygen atoms in total. The predicted molar refractivity (Wildman–Crippen MR) is 92.5 cm³/mol. The van der Waals surface area contributed by atoms with E-state index in [0.29, 0.717) is 0 Å². The van der Waals surface area contributed by atoms with Crippen molar-refractivity contribution in [2.45, 2.75) is 11.8 Å². The van der Waals surface area contributed by atoms with Crippen molar-refractivity contribution in [1.82, 2.24) is 23.4 Å². The van der Waals surface area contributed by atoms with Crippen LogP contribution < -0.4 is 16.0 Å². The Labute approximate surface area is 147 Å². The van der Waals surface area contributed by atoms with Gasteiger partial charge >= 0.3 is 11.7 Å². The van der Waals surface area contributed by atoms with E-state index in [9.17, 15) is 22.8 Å². The lowest BCUT2D eigenvalue weighted by Gasteiger charge is -2.09. The van der Waals surface area contributed by atoms with Gasteiger partial charge in [-0.3, -0.25) is 13.9 Å². The highest BCUT2D eigenvalue weighted by molar-refractivity contribution is 7.90. The largest absolute Gasteiger partial charge is 0.341 e. The first kappa shape index (κ1) is 17.6. The molecule has 0 spiro atoms. The zero-order valence-corrected chi connectivity index (χ0v) is 14.9. The smallest absolute Gasteiger partial charge is 0.279 e. The molecule has 2 aromatic heterocycles. The van der Waals surface area contributed by atoms with Gasteiger partial charge in [-0.2, -0.15) is 0 Å². The first-order chi connectivity index (χ1) is 12.1. The first-order valence-electron chi connectivity index (χ1n) is 7.40. The number of carbonyl (C=O) groups excluding carboxylic acids is 1. The summed E-state index contributed by atoms with van der Waals surface area (Å²) in [6.07, 6.45) is 0.992. The number of sulfonamides is 1. The number of nitrogens with one attached hydrogen (secondary N) is 1. The number of nitrogens with zero attached hydrogens (tertiary/aromatic N) is 4. The average Bonchev–Trinajstić information content (AvgIpc) is 3.03. The molecule has 1 aromatic carbocycles. The minimum atomic E-state index is -4.14. The summed E-state index contributed by atoms with van der Waals surface area (Å²) in [4.78, 5) is 40.4. The standard InChI is InChI=1S/C15H15N5O5S/c1-9-4-6-10(7-5-9)26(24,25)17-14(22)20-8-16-12-11(20)13(21)19(3)15(23)18(12)2/h4-8H,1-3H3,(H,17,22). The van der Waals surface area contributed by atoms with Crippen molar-refractivity contribution in [3.8, 4) is 0 Å². The van der Waals surface area contributed by atoms with Crippen molar-refractivity contribution < 1.29 is 13.2 Å². The average molecular weight is 377 g/mol. The fourth-order valence-corrected chi connectivity index (χ4v) is 3.38. The Balaban J connectivity index is 2.08. The van der Waals surface area contributed by atoms with Gasteiger partial charge in [0.2, 0.25) is 0 Å². The van der Waals surface area contributed by atoms with Gasteiger partial charge in [0.1, 0.15) is 6.33 Å². The first-order valence-corrected chi connectivity index (χ1v) is 8.88. The number of aromatic nitrogens is 4. The quantitative estimate of drug-likeness (QED) is 0.653. The molecule has 0 aliphatic rings. The van der Waals surface area contributed by atoms with Gasteiger partial charge in [-0.25, -0.2) is 32.3 Å². The summed E-state index contributed by atoms with van der Waals surface area (Å²) in [5.41, 5.74) is -0.739. The summed E-state index contributed by atoms with van der Waals surface area (Å²) in [5, 5.41) is 0. The Bertz CT molecular complexity index is 1250. The highest BCUT2D eigenvalue weighted by Gasteiger charge is 2.23. The van der Waals surface area contributed by atoms with Gasteiger partial charge in [-0.05, 0) is 19.1 Å². The van der Waals surface area contributed by atoms with E-state index in [1.54, 1.807) is 19.1 Å². The number of fused-ring (bicyclic) bond motifs is 1. The molecule has 0 saturated heterocycles. The molecule has 3 aromatic rings. The summed E-state index contributed by atoms with van der Waals surface area (Å²) in [6.45, 7) is 1.80. The van der Waals surface area contributed by atoms with E-state index in [1.165, 1.54) is 26.2 Å². The number of imidazole rings is 1. The fraction of sp³-hybridized carbons (Fsp3) is 0.200. The molecule has 1 amide bonds. The molecule has 11 heteroatoms. The van der Waals surface area contributed by atoms with E-state index < -0.39 is 27.3 Å². The fourth-order valence-electron chi connectivity index (χ4n) is 2.44. The van der Waals surface area contributed by atoms with Crippen molar-refractivity contribution in [1.29, 1.82) is 0 Å². The zero-order valence-electron chi connectivity index (χ0n) is 14.1. The van der Waals surface area contributed by atoms with Crippen LogP contribution in [0.15, 0.2) is 45.1 Å². The number of carbonyl (C=O) groups is 1. The normalized spacial score (nSPS) is 11.7. The molecule has 136 valence electrons. The SMILES string of the molecule is Cc1ccc(S(=O)(=O)NC(=O)n2cnc3c2c(=O)n(C)c(=O)n3C)cc1.